The zero-order chi connectivity index (χ0) is 24.6. The van der Waals surface area contributed by atoms with E-state index >= 15 is 0 Å². The molecule has 1 aromatic heterocycles. The highest BCUT2D eigenvalue weighted by atomic mass is 16.4. The van der Waals surface area contributed by atoms with Crippen LogP contribution in [0.25, 0.3) is 11.4 Å². The Balaban J connectivity index is 1.41. The summed E-state index contributed by atoms with van der Waals surface area (Å²) in [6, 6.07) is 9.20. The molecule has 5 rings (SSSR count). The standard InChI is InChI=1S/C25H30N6O4/c1-30-12-8-3-2-7-11-17-15-25(17,24(34)35)26-22(32)19-13-18(14-20(19)23(30)33)31-28-21(27-29-31)16-9-5-4-6-10-16/h4-7,9-11,17-20H,2-3,8,12-15H2,1H3,(H,26,32)(H,34,35). The van der Waals surface area contributed by atoms with Crippen molar-refractivity contribution in [3.8, 4) is 11.4 Å². The van der Waals surface area contributed by atoms with E-state index in [-0.39, 0.29) is 17.9 Å². The number of tetrazole rings is 1. The number of allylic oxidation sites excluding steroid dienone is 1. The van der Waals surface area contributed by atoms with Gasteiger partial charge in [0.15, 0.2) is 0 Å². The first-order valence-corrected chi connectivity index (χ1v) is 12.2. The average Bonchev–Trinajstić information content (AvgIpc) is 3.18. The molecule has 10 heteroatoms. The number of rotatable bonds is 3. The first kappa shape index (κ1) is 23.2. The number of hydrogen-bond donors (Lipinski definition) is 2. The van der Waals surface area contributed by atoms with Gasteiger partial charge in [0.05, 0.1) is 17.9 Å². The van der Waals surface area contributed by atoms with Crippen LogP contribution in [-0.2, 0) is 14.4 Å². The van der Waals surface area contributed by atoms with Crippen LogP contribution in [0, 0.1) is 17.8 Å². The van der Waals surface area contributed by atoms with Gasteiger partial charge < -0.3 is 15.3 Å². The minimum atomic E-state index is -1.29. The van der Waals surface area contributed by atoms with Gasteiger partial charge >= 0.3 is 5.97 Å². The van der Waals surface area contributed by atoms with Gasteiger partial charge in [-0.1, -0.05) is 42.5 Å². The predicted octanol–water partition coefficient (Wildman–Crippen LogP) is 2.07. The summed E-state index contributed by atoms with van der Waals surface area (Å²) in [5.41, 5.74) is -0.457. The number of carbonyl (C=O) groups is 3. The van der Waals surface area contributed by atoms with Gasteiger partial charge in [0.2, 0.25) is 17.6 Å². The van der Waals surface area contributed by atoms with Crippen LogP contribution in [0.2, 0.25) is 0 Å². The smallest absolute Gasteiger partial charge is 0.330 e. The predicted molar refractivity (Wildman–Crippen MR) is 126 cm³/mol. The van der Waals surface area contributed by atoms with Crippen LogP contribution >= 0.6 is 0 Å². The van der Waals surface area contributed by atoms with E-state index in [1.165, 1.54) is 4.80 Å². The summed E-state index contributed by atoms with van der Waals surface area (Å²) >= 11 is 0. The molecule has 2 amide bonds. The van der Waals surface area contributed by atoms with E-state index < -0.39 is 29.3 Å². The Kier molecular flexibility index (Phi) is 6.12. The molecule has 0 bridgehead atoms. The number of nitrogens with zero attached hydrogens (tertiary/aromatic N) is 5. The van der Waals surface area contributed by atoms with Gasteiger partial charge in [-0.05, 0) is 43.7 Å². The number of amides is 2. The number of carbonyl (C=O) groups excluding carboxylic acids is 2. The number of benzene rings is 1. The third-order valence-corrected chi connectivity index (χ3v) is 7.58. The maximum atomic E-state index is 13.4. The first-order valence-electron chi connectivity index (χ1n) is 12.2. The highest BCUT2D eigenvalue weighted by Crippen LogP contribution is 2.47. The molecule has 35 heavy (non-hydrogen) atoms. The second kappa shape index (κ2) is 9.24. The van der Waals surface area contributed by atoms with Gasteiger partial charge in [0.1, 0.15) is 5.54 Å². The van der Waals surface area contributed by atoms with Crippen LogP contribution in [0.3, 0.4) is 0 Å². The quantitative estimate of drug-likeness (QED) is 0.646. The van der Waals surface area contributed by atoms with Gasteiger partial charge in [-0.2, -0.15) is 4.80 Å². The zero-order valence-corrected chi connectivity index (χ0v) is 19.7. The molecule has 184 valence electrons. The van der Waals surface area contributed by atoms with Crippen molar-refractivity contribution in [1.82, 2.24) is 30.4 Å². The molecule has 5 atom stereocenters. The third kappa shape index (κ3) is 4.44. The van der Waals surface area contributed by atoms with E-state index in [1.807, 2.05) is 42.5 Å². The number of aromatic nitrogens is 4. The van der Waals surface area contributed by atoms with E-state index in [4.69, 9.17) is 0 Å². The molecule has 0 radical (unpaired) electrons. The number of aliphatic carboxylic acids is 1. The SMILES string of the molecule is CN1CCCCC=CC2CC2(C(=O)O)NC(=O)C2CC(n3nnc(-c4ccccc4)n3)CC2C1=O. The van der Waals surface area contributed by atoms with Crippen molar-refractivity contribution in [3.05, 3.63) is 42.5 Å². The fraction of sp³-hybridized carbons (Fsp3) is 0.520. The Morgan fingerprint density at radius 3 is 2.69 bits per heavy atom. The van der Waals surface area contributed by atoms with Crippen molar-refractivity contribution >= 4 is 17.8 Å². The van der Waals surface area contributed by atoms with E-state index in [0.717, 1.165) is 24.8 Å². The van der Waals surface area contributed by atoms with E-state index in [0.29, 0.717) is 31.6 Å². The molecular weight excluding hydrogens is 448 g/mol. The lowest BCUT2D eigenvalue weighted by Gasteiger charge is -2.26. The summed E-state index contributed by atoms with van der Waals surface area (Å²) in [6.07, 6.45) is 7.58. The molecule has 5 unspecified atom stereocenters. The number of fused-ring (bicyclic) bond motifs is 2. The molecule has 1 aliphatic heterocycles. The molecule has 2 aromatic rings. The summed E-state index contributed by atoms with van der Waals surface area (Å²) < 4.78 is 0. The summed E-state index contributed by atoms with van der Waals surface area (Å²) in [4.78, 5) is 42.1. The van der Waals surface area contributed by atoms with Crippen LogP contribution in [0.1, 0.15) is 44.6 Å². The maximum absolute atomic E-state index is 13.4. The van der Waals surface area contributed by atoms with Crippen LogP contribution in [-0.4, -0.2) is 67.1 Å². The highest BCUT2D eigenvalue weighted by Gasteiger charge is 2.61. The molecular formula is C25H30N6O4. The van der Waals surface area contributed by atoms with E-state index in [2.05, 4.69) is 20.7 Å². The van der Waals surface area contributed by atoms with Crippen molar-refractivity contribution in [2.45, 2.75) is 50.1 Å². The Morgan fingerprint density at radius 2 is 1.91 bits per heavy atom. The number of carboxylic acid groups (broad SMARTS) is 1. The van der Waals surface area contributed by atoms with Crippen LogP contribution < -0.4 is 5.32 Å². The average molecular weight is 479 g/mol. The topological polar surface area (TPSA) is 130 Å². The zero-order valence-electron chi connectivity index (χ0n) is 19.7. The molecule has 2 fully saturated rings. The number of carboxylic acids is 1. The van der Waals surface area contributed by atoms with Gasteiger partial charge in [-0.3, -0.25) is 9.59 Å². The lowest BCUT2D eigenvalue weighted by molar-refractivity contribution is -0.145. The Bertz CT molecular complexity index is 1150. The van der Waals surface area contributed by atoms with Gasteiger partial charge in [-0.25, -0.2) is 4.79 Å². The molecule has 0 spiro atoms. The molecule has 10 nitrogen and oxygen atoms in total. The minimum absolute atomic E-state index is 0.0969. The molecule has 0 saturated heterocycles. The number of nitrogens with one attached hydrogen (secondary N) is 1. The number of hydrogen-bond acceptors (Lipinski definition) is 6. The molecule has 2 N–H and O–H groups in total. The van der Waals surface area contributed by atoms with Crippen molar-refractivity contribution in [3.63, 3.8) is 0 Å². The Labute approximate surface area is 203 Å². The largest absolute Gasteiger partial charge is 0.479 e. The molecule has 2 aliphatic carbocycles. The van der Waals surface area contributed by atoms with Crippen LogP contribution in [0.5, 0.6) is 0 Å². The lowest BCUT2D eigenvalue weighted by atomic mass is 9.93. The molecule has 3 aliphatic rings. The second-order valence-corrected chi connectivity index (χ2v) is 9.90. The summed E-state index contributed by atoms with van der Waals surface area (Å²) in [7, 11) is 1.77. The Morgan fingerprint density at radius 1 is 1.14 bits per heavy atom. The fourth-order valence-corrected chi connectivity index (χ4v) is 5.39. The minimum Gasteiger partial charge on any atom is -0.479 e. The monoisotopic (exact) mass is 478 g/mol. The summed E-state index contributed by atoms with van der Waals surface area (Å²) in [6.45, 7) is 0.615. The molecule has 1 aromatic carbocycles. The highest BCUT2D eigenvalue weighted by molar-refractivity contribution is 5.94. The lowest BCUT2D eigenvalue weighted by Crippen LogP contribution is -2.49. The van der Waals surface area contributed by atoms with Gasteiger partial charge in [0.25, 0.3) is 0 Å². The van der Waals surface area contributed by atoms with Crippen molar-refractivity contribution < 1.29 is 19.5 Å². The first-order chi connectivity index (χ1) is 16.9. The van der Waals surface area contributed by atoms with E-state index in [9.17, 15) is 19.5 Å². The van der Waals surface area contributed by atoms with Crippen molar-refractivity contribution in [2.75, 3.05) is 13.6 Å². The van der Waals surface area contributed by atoms with E-state index in [1.54, 1.807) is 11.9 Å². The third-order valence-electron chi connectivity index (χ3n) is 7.58. The van der Waals surface area contributed by atoms with Gasteiger partial charge in [0, 0.05) is 25.1 Å². The Hall–Kier alpha value is -3.56. The van der Waals surface area contributed by atoms with Crippen molar-refractivity contribution in [2.24, 2.45) is 17.8 Å². The summed E-state index contributed by atoms with van der Waals surface area (Å²) in [5.74, 6) is -2.50. The summed E-state index contributed by atoms with van der Waals surface area (Å²) in [5, 5.41) is 25.6. The molecule has 2 saturated carbocycles. The second-order valence-electron chi connectivity index (χ2n) is 9.90. The van der Waals surface area contributed by atoms with Gasteiger partial charge in [-0.15, -0.1) is 10.2 Å². The maximum Gasteiger partial charge on any atom is 0.330 e. The van der Waals surface area contributed by atoms with Crippen LogP contribution in [0.15, 0.2) is 42.5 Å². The van der Waals surface area contributed by atoms with Crippen molar-refractivity contribution in [1.29, 1.82) is 0 Å². The molecule has 2 heterocycles. The normalized spacial score (nSPS) is 31.3. The fourth-order valence-electron chi connectivity index (χ4n) is 5.39. The van der Waals surface area contributed by atoms with Crippen LogP contribution in [0.4, 0.5) is 0 Å².